The molecule has 4 aromatic carbocycles. The summed E-state index contributed by atoms with van der Waals surface area (Å²) in [5.74, 6) is 5.30. The van der Waals surface area contributed by atoms with Gasteiger partial charge in [-0.25, -0.2) is 44.9 Å². The summed E-state index contributed by atoms with van der Waals surface area (Å²) < 4.78 is 0. The van der Waals surface area contributed by atoms with E-state index in [0.29, 0.717) is 52.4 Å². The fraction of sp³-hybridized carbons (Fsp3) is 0.0732. The van der Waals surface area contributed by atoms with Crippen LogP contribution in [-0.4, -0.2) is 49.8 Å². The zero-order valence-corrected chi connectivity index (χ0v) is 28.1. The van der Waals surface area contributed by atoms with Crippen LogP contribution >= 0.6 is 0 Å². The monoisotopic (exact) mass is 662 g/mol. The summed E-state index contributed by atoms with van der Waals surface area (Å²) in [6, 6.07) is 39.6. The van der Waals surface area contributed by atoms with Crippen molar-refractivity contribution < 1.29 is 0 Å². The van der Waals surface area contributed by atoms with E-state index in [4.69, 9.17) is 24.9 Å². The second-order valence-electron chi connectivity index (χ2n) is 11.9. The van der Waals surface area contributed by atoms with Gasteiger partial charge in [0.15, 0.2) is 34.9 Å². The third-order valence-corrected chi connectivity index (χ3v) is 8.12. The molecule has 0 fully saturated rings. The van der Waals surface area contributed by atoms with Crippen LogP contribution in [0.3, 0.4) is 0 Å². The number of nitrogens with zero attached hydrogens (tertiary/aromatic N) is 10. The molecule has 0 unspecified atom stereocenters. The number of pyridine rings is 1. The molecule has 10 nitrogen and oxygen atoms in total. The number of aryl methyl sites for hydroxylation is 3. The van der Waals surface area contributed by atoms with Gasteiger partial charge in [0.2, 0.25) is 0 Å². The Balaban J connectivity index is 1.29. The van der Waals surface area contributed by atoms with Crippen LogP contribution in [0.4, 0.5) is 0 Å². The van der Waals surface area contributed by atoms with Crippen LogP contribution in [0.2, 0.25) is 0 Å². The van der Waals surface area contributed by atoms with E-state index in [-0.39, 0.29) is 0 Å². The zero-order chi connectivity index (χ0) is 34.7. The summed E-state index contributed by atoms with van der Waals surface area (Å²) in [7, 11) is 0. The fourth-order valence-corrected chi connectivity index (χ4v) is 5.76. The smallest absolute Gasteiger partial charge is 0.164 e. The standard InChI is InChI=1S/C41H30N10/c1-25-43-26(2)45-36(44-25)30-17-19-31(20-18-30)39-49-38(29-14-8-5-9-15-29)50-41(51-39)34-23-32(35-16-10-11-21-42-35)22-33(24-34)40-47-27(3)46-37(48-40)28-12-6-4-7-13-28/h4-24H,1-3H3. The third kappa shape index (κ3) is 6.83. The molecule has 0 atom stereocenters. The molecule has 4 aromatic heterocycles. The van der Waals surface area contributed by atoms with Crippen molar-refractivity contribution in [2.24, 2.45) is 0 Å². The first-order valence-electron chi connectivity index (χ1n) is 16.4. The maximum absolute atomic E-state index is 5.05. The minimum absolute atomic E-state index is 0.500. The lowest BCUT2D eigenvalue weighted by Gasteiger charge is -2.12. The Hall–Kier alpha value is -6.94. The quantitative estimate of drug-likeness (QED) is 0.165. The van der Waals surface area contributed by atoms with Crippen LogP contribution in [0.1, 0.15) is 17.5 Å². The molecular formula is C41H30N10. The topological polar surface area (TPSA) is 129 Å². The SMILES string of the molecule is Cc1nc(C)nc(-c2ccc(-c3nc(-c4ccccc4)nc(-c4cc(-c5ccccn5)cc(-c5nc(C)nc(-c6ccccc6)n5)c4)n3)cc2)n1. The molecule has 0 saturated heterocycles. The normalized spacial score (nSPS) is 11.0. The minimum Gasteiger partial charge on any atom is -0.256 e. The van der Waals surface area contributed by atoms with E-state index in [1.807, 2.05) is 142 Å². The van der Waals surface area contributed by atoms with Crippen molar-refractivity contribution >= 4 is 0 Å². The molecule has 0 spiro atoms. The summed E-state index contributed by atoms with van der Waals surface area (Å²) in [6.07, 6.45) is 1.78. The van der Waals surface area contributed by atoms with Gasteiger partial charge in [-0.05, 0) is 51.1 Å². The molecule has 0 N–H and O–H groups in total. The Morgan fingerprint density at radius 3 is 1.12 bits per heavy atom. The van der Waals surface area contributed by atoms with Gasteiger partial charge in [0.05, 0.1) is 5.69 Å². The highest BCUT2D eigenvalue weighted by Crippen LogP contribution is 2.32. The summed E-state index contributed by atoms with van der Waals surface area (Å²) >= 11 is 0. The molecule has 0 saturated carbocycles. The van der Waals surface area contributed by atoms with Crippen LogP contribution < -0.4 is 0 Å². The van der Waals surface area contributed by atoms with Crippen LogP contribution in [0.5, 0.6) is 0 Å². The van der Waals surface area contributed by atoms with Crippen LogP contribution in [-0.2, 0) is 0 Å². The van der Waals surface area contributed by atoms with Crippen molar-refractivity contribution in [2.45, 2.75) is 20.8 Å². The highest BCUT2D eigenvalue weighted by molar-refractivity contribution is 5.78. The van der Waals surface area contributed by atoms with Crippen molar-refractivity contribution in [3.63, 3.8) is 0 Å². The average molecular weight is 663 g/mol. The Labute approximate surface area is 294 Å². The van der Waals surface area contributed by atoms with Crippen LogP contribution in [0, 0.1) is 20.8 Å². The van der Waals surface area contributed by atoms with Gasteiger partial charge in [0.1, 0.15) is 17.5 Å². The first-order valence-corrected chi connectivity index (χ1v) is 16.4. The highest BCUT2D eigenvalue weighted by atomic mass is 15.0. The Kier molecular flexibility index (Phi) is 8.31. The van der Waals surface area contributed by atoms with Crippen molar-refractivity contribution in [3.8, 4) is 79.6 Å². The molecule has 244 valence electrons. The average Bonchev–Trinajstić information content (AvgIpc) is 3.18. The van der Waals surface area contributed by atoms with E-state index in [9.17, 15) is 0 Å². The summed E-state index contributed by atoms with van der Waals surface area (Å²) in [5, 5.41) is 0. The first-order chi connectivity index (χ1) is 24.9. The lowest BCUT2D eigenvalue weighted by atomic mass is 10.0. The summed E-state index contributed by atoms with van der Waals surface area (Å²) in [5.41, 5.74) is 6.70. The Bertz CT molecular complexity index is 2470. The second-order valence-corrected chi connectivity index (χ2v) is 11.9. The van der Waals surface area contributed by atoms with Gasteiger partial charge >= 0.3 is 0 Å². The number of hydrogen-bond donors (Lipinski definition) is 0. The lowest BCUT2D eigenvalue weighted by Crippen LogP contribution is -2.02. The van der Waals surface area contributed by atoms with E-state index >= 15 is 0 Å². The first kappa shape index (κ1) is 31.3. The van der Waals surface area contributed by atoms with E-state index in [1.165, 1.54) is 0 Å². The maximum Gasteiger partial charge on any atom is 0.164 e. The molecule has 0 aliphatic carbocycles. The van der Waals surface area contributed by atoms with Gasteiger partial charge < -0.3 is 0 Å². The number of benzene rings is 4. The largest absolute Gasteiger partial charge is 0.256 e. The fourth-order valence-electron chi connectivity index (χ4n) is 5.76. The summed E-state index contributed by atoms with van der Waals surface area (Å²) in [4.78, 5) is 47.3. The van der Waals surface area contributed by atoms with Gasteiger partial charge in [0.25, 0.3) is 0 Å². The van der Waals surface area contributed by atoms with Crippen LogP contribution in [0.15, 0.2) is 128 Å². The van der Waals surface area contributed by atoms with Crippen molar-refractivity contribution in [1.29, 1.82) is 0 Å². The molecule has 8 aromatic rings. The number of hydrogen-bond acceptors (Lipinski definition) is 10. The van der Waals surface area contributed by atoms with Gasteiger partial charge in [-0.3, -0.25) is 4.98 Å². The van der Waals surface area contributed by atoms with Crippen molar-refractivity contribution in [2.75, 3.05) is 0 Å². The zero-order valence-electron chi connectivity index (χ0n) is 28.1. The molecule has 0 radical (unpaired) electrons. The minimum atomic E-state index is 0.500. The van der Waals surface area contributed by atoms with Crippen LogP contribution in [0.25, 0.3) is 79.6 Å². The van der Waals surface area contributed by atoms with Gasteiger partial charge in [0, 0.05) is 45.1 Å². The molecule has 8 rings (SSSR count). The van der Waals surface area contributed by atoms with E-state index in [2.05, 4.69) is 24.9 Å². The van der Waals surface area contributed by atoms with E-state index < -0.39 is 0 Å². The Morgan fingerprint density at radius 2 is 0.647 bits per heavy atom. The third-order valence-electron chi connectivity index (χ3n) is 8.12. The second kappa shape index (κ2) is 13.5. The molecular weight excluding hydrogens is 633 g/mol. The van der Waals surface area contributed by atoms with Crippen molar-refractivity contribution in [3.05, 3.63) is 145 Å². The molecule has 0 aliphatic rings. The predicted octanol–water partition coefficient (Wildman–Crippen LogP) is 8.23. The molecule has 10 heteroatoms. The van der Waals surface area contributed by atoms with Crippen molar-refractivity contribution in [1.82, 2.24) is 49.8 Å². The molecule has 0 amide bonds. The lowest BCUT2D eigenvalue weighted by molar-refractivity contribution is 0.928. The molecule has 0 bridgehead atoms. The Morgan fingerprint density at radius 1 is 0.294 bits per heavy atom. The molecule has 4 heterocycles. The number of rotatable bonds is 7. The highest BCUT2D eigenvalue weighted by Gasteiger charge is 2.17. The van der Waals surface area contributed by atoms with E-state index in [0.717, 1.165) is 44.6 Å². The molecule has 0 aliphatic heterocycles. The molecule has 51 heavy (non-hydrogen) atoms. The maximum atomic E-state index is 5.05. The predicted molar refractivity (Wildman–Crippen MR) is 197 cm³/mol. The van der Waals surface area contributed by atoms with Gasteiger partial charge in [-0.1, -0.05) is 91.0 Å². The van der Waals surface area contributed by atoms with E-state index in [1.54, 1.807) is 6.20 Å². The van der Waals surface area contributed by atoms with Gasteiger partial charge in [-0.2, -0.15) is 0 Å². The summed E-state index contributed by atoms with van der Waals surface area (Å²) in [6.45, 7) is 5.60. The number of aromatic nitrogens is 10. The van der Waals surface area contributed by atoms with Gasteiger partial charge in [-0.15, -0.1) is 0 Å².